The second-order valence-corrected chi connectivity index (χ2v) is 8.95. The van der Waals surface area contributed by atoms with Crippen LogP contribution in [0.5, 0.6) is 5.88 Å². The first-order valence-electron chi connectivity index (χ1n) is 10.2. The Bertz CT molecular complexity index is 1400. The van der Waals surface area contributed by atoms with E-state index in [1.807, 2.05) is 42.5 Å². The minimum atomic E-state index is -0.401. The number of fused-ring (bicyclic) bond motifs is 3. The van der Waals surface area contributed by atoms with Crippen LogP contribution in [0.1, 0.15) is 29.8 Å². The van der Waals surface area contributed by atoms with Crippen LogP contribution in [-0.2, 0) is 6.42 Å². The minimum Gasteiger partial charge on any atom is -0.494 e. The van der Waals surface area contributed by atoms with Crippen molar-refractivity contribution in [3.63, 3.8) is 0 Å². The van der Waals surface area contributed by atoms with Gasteiger partial charge in [0.05, 0.1) is 11.7 Å². The molecule has 1 unspecified atom stereocenters. The Kier molecular flexibility index (Phi) is 5.08. The summed E-state index contributed by atoms with van der Waals surface area (Å²) in [5.41, 5.74) is 3.79. The Morgan fingerprint density at radius 3 is 2.65 bits per heavy atom. The van der Waals surface area contributed by atoms with Crippen LogP contribution in [0.25, 0.3) is 16.6 Å². The molecule has 6 nitrogen and oxygen atoms in total. The number of benzene rings is 2. The molecule has 2 aromatic carbocycles. The highest BCUT2D eigenvalue weighted by atomic mass is 79.9. The SMILES string of the molecule is CCN1CCc2c([nH]c3ccccc23)C1c1c(O)n(-c2ccc(Br)cc2)c(=S)[nH]c1=O. The standard InChI is InChI=1S/C23H21BrN4O2S/c1-2-27-12-11-16-15-5-3-4-6-17(15)25-19(16)20(27)18-21(29)26-23(31)28(22(18)30)14-9-7-13(24)8-10-14/h3-10,20,25,30H,2,11-12H2,1H3,(H,26,29,31). The van der Waals surface area contributed by atoms with Gasteiger partial charge in [-0.1, -0.05) is 41.1 Å². The highest BCUT2D eigenvalue weighted by Crippen LogP contribution is 2.40. The predicted octanol–water partition coefficient (Wildman–Crippen LogP) is 4.81. The Morgan fingerprint density at radius 2 is 1.90 bits per heavy atom. The summed E-state index contributed by atoms with van der Waals surface area (Å²) in [6, 6.07) is 15.2. The van der Waals surface area contributed by atoms with Crippen LogP contribution in [0.4, 0.5) is 0 Å². The van der Waals surface area contributed by atoms with Gasteiger partial charge < -0.3 is 10.1 Å². The van der Waals surface area contributed by atoms with E-state index in [0.717, 1.165) is 40.6 Å². The molecule has 0 saturated carbocycles. The first-order valence-corrected chi connectivity index (χ1v) is 11.4. The summed E-state index contributed by atoms with van der Waals surface area (Å²) in [6.07, 6.45) is 0.883. The quantitative estimate of drug-likeness (QED) is 0.355. The summed E-state index contributed by atoms with van der Waals surface area (Å²) in [6.45, 7) is 3.60. The topological polar surface area (TPSA) is 77.1 Å². The van der Waals surface area contributed by atoms with E-state index in [1.54, 1.807) is 0 Å². The van der Waals surface area contributed by atoms with E-state index in [0.29, 0.717) is 11.3 Å². The predicted molar refractivity (Wildman–Crippen MR) is 128 cm³/mol. The molecule has 0 amide bonds. The average Bonchev–Trinajstić information content (AvgIpc) is 3.14. The number of para-hydroxylation sites is 1. The van der Waals surface area contributed by atoms with Crippen molar-refractivity contribution < 1.29 is 5.11 Å². The van der Waals surface area contributed by atoms with Gasteiger partial charge in [0.2, 0.25) is 5.88 Å². The summed E-state index contributed by atoms with van der Waals surface area (Å²) in [4.78, 5) is 21.6. The van der Waals surface area contributed by atoms with Crippen LogP contribution in [-0.4, -0.2) is 37.6 Å². The van der Waals surface area contributed by atoms with Crippen molar-refractivity contribution in [3.05, 3.63) is 84.9 Å². The molecule has 0 radical (unpaired) electrons. The van der Waals surface area contributed by atoms with Gasteiger partial charge in [-0.2, -0.15) is 0 Å². The lowest BCUT2D eigenvalue weighted by Crippen LogP contribution is -2.39. The molecular weight excluding hydrogens is 476 g/mol. The average molecular weight is 497 g/mol. The van der Waals surface area contributed by atoms with E-state index in [-0.39, 0.29) is 16.2 Å². The summed E-state index contributed by atoms with van der Waals surface area (Å²) >= 11 is 8.83. The zero-order chi connectivity index (χ0) is 21.7. The van der Waals surface area contributed by atoms with Gasteiger partial charge in [0.1, 0.15) is 5.56 Å². The number of nitrogens with zero attached hydrogens (tertiary/aromatic N) is 2. The Balaban J connectivity index is 1.78. The highest BCUT2D eigenvalue weighted by molar-refractivity contribution is 9.10. The fourth-order valence-corrected chi connectivity index (χ4v) is 5.12. The second-order valence-electron chi connectivity index (χ2n) is 7.65. The highest BCUT2D eigenvalue weighted by Gasteiger charge is 2.35. The van der Waals surface area contributed by atoms with Gasteiger partial charge in [-0.3, -0.25) is 19.2 Å². The van der Waals surface area contributed by atoms with Crippen molar-refractivity contribution in [2.75, 3.05) is 13.1 Å². The van der Waals surface area contributed by atoms with E-state index < -0.39 is 6.04 Å². The van der Waals surface area contributed by atoms with E-state index in [4.69, 9.17) is 12.2 Å². The van der Waals surface area contributed by atoms with E-state index in [9.17, 15) is 9.90 Å². The Morgan fingerprint density at radius 1 is 1.16 bits per heavy atom. The molecule has 31 heavy (non-hydrogen) atoms. The number of H-pyrrole nitrogens is 2. The number of likely N-dealkylation sites (N-methyl/N-ethyl adjacent to an activating group) is 1. The van der Waals surface area contributed by atoms with Gasteiger partial charge in [0, 0.05) is 27.6 Å². The van der Waals surface area contributed by atoms with Gasteiger partial charge in [-0.25, -0.2) is 0 Å². The van der Waals surface area contributed by atoms with Gasteiger partial charge >= 0.3 is 0 Å². The number of rotatable bonds is 3. The first-order chi connectivity index (χ1) is 15.0. The molecule has 0 aliphatic carbocycles. The van der Waals surface area contributed by atoms with Crippen molar-refractivity contribution in [1.82, 2.24) is 19.4 Å². The van der Waals surface area contributed by atoms with Crippen LogP contribution < -0.4 is 5.56 Å². The number of aromatic hydroxyl groups is 1. The number of hydrogen-bond donors (Lipinski definition) is 3. The smallest absolute Gasteiger partial charge is 0.260 e. The molecule has 0 bridgehead atoms. The molecule has 158 valence electrons. The van der Waals surface area contributed by atoms with Crippen LogP contribution >= 0.6 is 28.1 Å². The molecule has 8 heteroatoms. The van der Waals surface area contributed by atoms with Crippen LogP contribution in [0.3, 0.4) is 0 Å². The molecule has 1 aliphatic heterocycles. The number of aromatic nitrogens is 3. The third-order valence-electron chi connectivity index (χ3n) is 6.02. The number of hydrogen-bond acceptors (Lipinski definition) is 4. The van der Waals surface area contributed by atoms with Gasteiger partial charge in [0.15, 0.2) is 4.77 Å². The molecule has 3 N–H and O–H groups in total. The van der Waals surface area contributed by atoms with Crippen molar-refractivity contribution >= 4 is 39.1 Å². The number of halogens is 1. The molecule has 1 aliphatic rings. The second kappa shape index (κ2) is 7.78. The molecule has 5 rings (SSSR count). The molecule has 4 aromatic rings. The van der Waals surface area contributed by atoms with Gasteiger partial charge in [-0.15, -0.1) is 0 Å². The Hall–Kier alpha value is -2.68. The Labute approximate surface area is 192 Å². The summed E-state index contributed by atoms with van der Waals surface area (Å²) in [5, 5.41) is 12.5. The number of aromatic amines is 2. The van der Waals surface area contributed by atoms with Gasteiger partial charge in [0.25, 0.3) is 5.56 Å². The molecule has 0 fully saturated rings. The van der Waals surface area contributed by atoms with Crippen molar-refractivity contribution in [2.24, 2.45) is 0 Å². The van der Waals surface area contributed by atoms with Gasteiger partial charge in [-0.05, 0) is 61.1 Å². The van der Waals surface area contributed by atoms with Crippen molar-refractivity contribution in [2.45, 2.75) is 19.4 Å². The molecular formula is C23H21BrN4O2S. The zero-order valence-electron chi connectivity index (χ0n) is 16.9. The molecule has 0 saturated heterocycles. The summed E-state index contributed by atoms with van der Waals surface area (Å²) in [7, 11) is 0. The third-order valence-corrected chi connectivity index (χ3v) is 6.83. The number of nitrogens with one attached hydrogen (secondary N) is 2. The van der Waals surface area contributed by atoms with Crippen LogP contribution in [0.2, 0.25) is 0 Å². The normalized spacial score (nSPS) is 16.5. The van der Waals surface area contributed by atoms with Crippen molar-refractivity contribution in [1.29, 1.82) is 0 Å². The maximum Gasteiger partial charge on any atom is 0.260 e. The summed E-state index contributed by atoms with van der Waals surface area (Å²) in [5.74, 6) is -0.133. The lowest BCUT2D eigenvalue weighted by atomic mass is 9.93. The third kappa shape index (κ3) is 3.26. The molecule has 0 spiro atoms. The van der Waals surface area contributed by atoms with Crippen LogP contribution in [0, 0.1) is 4.77 Å². The maximum absolute atomic E-state index is 13.1. The zero-order valence-corrected chi connectivity index (χ0v) is 19.3. The molecule has 2 aromatic heterocycles. The fraction of sp³-hybridized carbons (Fsp3) is 0.217. The fourth-order valence-electron chi connectivity index (χ4n) is 4.57. The molecule has 3 heterocycles. The first kappa shape index (κ1) is 20.2. The maximum atomic E-state index is 13.1. The summed E-state index contributed by atoms with van der Waals surface area (Å²) < 4.78 is 2.59. The van der Waals surface area contributed by atoms with E-state index in [1.165, 1.54) is 10.1 Å². The van der Waals surface area contributed by atoms with Crippen molar-refractivity contribution in [3.8, 4) is 11.6 Å². The lowest BCUT2D eigenvalue weighted by molar-refractivity contribution is 0.215. The largest absolute Gasteiger partial charge is 0.494 e. The lowest BCUT2D eigenvalue weighted by Gasteiger charge is -2.35. The minimum absolute atomic E-state index is 0.133. The van der Waals surface area contributed by atoms with E-state index in [2.05, 4.69) is 43.8 Å². The monoisotopic (exact) mass is 496 g/mol. The molecule has 1 atom stereocenters. The van der Waals surface area contributed by atoms with E-state index >= 15 is 0 Å². The van der Waals surface area contributed by atoms with Crippen LogP contribution in [0.15, 0.2) is 57.8 Å².